The Morgan fingerprint density at radius 1 is 1.15 bits per heavy atom. The van der Waals surface area contributed by atoms with E-state index in [0.29, 0.717) is 18.7 Å². The summed E-state index contributed by atoms with van der Waals surface area (Å²) in [6.07, 6.45) is 4.33. The highest BCUT2D eigenvalue weighted by Crippen LogP contribution is 2.26. The third-order valence-corrected chi connectivity index (χ3v) is 5.44. The van der Waals surface area contributed by atoms with Crippen LogP contribution in [0.1, 0.15) is 24.2 Å². The van der Waals surface area contributed by atoms with Crippen LogP contribution in [0.3, 0.4) is 0 Å². The first-order chi connectivity index (χ1) is 12.2. The van der Waals surface area contributed by atoms with Crippen LogP contribution in [0, 0.1) is 11.8 Å². The lowest BCUT2D eigenvalue weighted by Crippen LogP contribution is -2.41. The van der Waals surface area contributed by atoms with E-state index in [4.69, 9.17) is 0 Å². The van der Waals surface area contributed by atoms with Gasteiger partial charge in [0.05, 0.1) is 6.26 Å². The normalized spacial score (nSPS) is 20.7. The molecule has 1 amide bonds. The van der Waals surface area contributed by atoms with Crippen molar-refractivity contribution in [2.24, 2.45) is 11.8 Å². The van der Waals surface area contributed by atoms with E-state index in [2.05, 4.69) is 14.9 Å². The first-order valence-corrected chi connectivity index (χ1v) is 10.4. The summed E-state index contributed by atoms with van der Waals surface area (Å²) >= 11 is 0. The number of aromatic nitrogens is 3. The first kappa shape index (κ1) is 18.5. The van der Waals surface area contributed by atoms with Crippen LogP contribution in [-0.2, 0) is 10.0 Å². The van der Waals surface area contributed by atoms with Crippen molar-refractivity contribution in [2.45, 2.75) is 19.9 Å². The van der Waals surface area contributed by atoms with Crippen molar-refractivity contribution < 1.29 is 13.2 Å². The molecule has 1 aromatic carbocycles. The Morgan fingerprint density at radius 3 is 2.31 bits per heavy atom. The van der Waals surface area contributed by atoms with Crippen LogP contribution in [0.15, 0.2) is 36.9 Å². The van der Waals surface area contributed by atoms with Gasteiger partial charge >= 0.3 is 0 Å². The van der Waals surface area contributed by atoms with Gasteiger partial charge in [-0.25, -0.2) is 13.1 Å². The summed E-state index contributed by atoms with van der Waals surface area (Å²) in [4.78, 5) is 14.6. The summed E-state index contributed by atoms with van der Waals surface area (Å²) < 4.78 is 27.7. The molecule has 2 aromatic rings. The van der Waals surface area contributed by atoms with Crippen molar-refractivity contribution in [3.05, 3.63) is 42.5 Å². The number of likely N-dealkylation sites (tertiary alicyclic amines) is 1. The summed E-state index contributed by atoms with van der Waals surface area (Å²) in [5.41, 5.74) is 1.44. The van der Waals surface area contributed by atoms with Crippen molar-refractivity contribution >= 4 is 15.9 Å². The van der Waals surface area contributed by atoms with Gasteiger partial charge in [-0.2, -0.15) is 0 Å². The molecule has 2 unspecified atom stereocenters. The monoisotopic (exact) mass is 377 g/mol. The molecule has 1 N–H and O–H groups in total. The quantitative estimate of drug-likeness (QED) is 0.835. The Labute approximate surface area is 153 Å². The smallest absolute Gasteiger partial charge is 0.253 e. The SMILES string of the molecule is CC(C)C1CN(C(=O)c2ccc(-n3cnnc3)cc2)CC1NS(C)(=O)=O. The van der Waals surface area contributed by atoms with Crippen LogP contribution in [0.5, 0.6) is 0 Å². The van der Waals surface area contributed by atoms with Crippen molar-refractivity contribution in [1.29, 1.82) is 0 Å². The number of nitrogens with one attached hydrogen (secondary N) is 1. The number of rotatable bonds is 5. The zero-order chi connectivity index (χ0) is 18.9. The van der Waals surface area contributed by atoms with E-state index in [-0.39, 0.29) is 23.8 Å². The van der Waals surface area contributed by atoms with E-state index in [1.54, 1.807) is 34.3 Å². The topological polar surface area (TPSA) is 97.2 Å². The lowest BCUT2D eigenvalue weighted by atomic mass is 9.92. The van der Waals surface area contributed by atoms with Gasteiger partial charge in [0.15, 0.2) is 0 Å². The zero-order valence-electron chi connectivity index (χ0n) is 15.0. The van der Waals surface area contributed by atoms with Gasteiger partial charge in [-0.15, -0.1) is 10.2 Å². The Kier molecular flexibility index (Phi) is 5.10. The number of nitrogens with zero attached hydrogens (tertiary/aromatic N) is 4. The highest BCUT2D eigenvalue weighted by Gasteiger charge is 2.38. The van der Waals surface area contributed by atoms with E-state index in [1.165, 1.54) is 0 Å². The molecule has 1 saturated heterocycles. The highest BCUT2D eigenvalue weighted by atomic mass is 32.2. The van der Waals surface area contributed by atoms with Crippen molar-refractivity contribution in [1.82, 2.24) is 24.4 Å². The van der Waals surface area contributed by atoms with Gasteiger partial charge in [-0.1, -0.05) is 13.8 Å². The lowest BCUT2D eigenvalue weighted by molar-refractivity contribution is 0.0783. The lowest BCUT2D eigenvalue weighted by Gasteiger charge is -2.21. The number of benzene rings is 1. The minimum atomic E-state index is -3.32. The van der Waals surface area contributed by atoms with E-state index >= 15 is 0 Å². The van der Waals surface area contributed by atoms with Gasteiger partial charge in [0, 0.05) is 30.4 Å². The number of amides is 1. The van der Waals surface area contributed by atoms with Crippen LogP contribution >= 0.6 is 0 Å². The second-order valence-electron chi connectivity index (χ2n) is 7.03. The maximum Gasteiger partial charge on any atom is 0.253 e. The molecule has 26 heavy (non-hydrogen) atoms. The third kappa shape index (κ3) is 4.10. The second-order valence-corrected chi connectivity index (χ2v) is 8.81. The summed E-state index contributed by atoms with van der Waals surface area (Å²) in [5, 5.41) is 7.53. The third-order valence-electron chi connectivity index (χ3n) is 4.71. The molecule has 0 aliphatic carbocycles. The molecule has 1 aliphatic heterocycles. The summed E-state index contributed by atoms with van der Waals surface area (Å²) in [7, 11) is -3.32. The molecule has 1 aliphatic rings. The number of carbonyl (C=O) groups excluding carboxylic acids is 1. The van der Waals surface area contributed by atoms with Gasteiger partial charge in [0.1, 0.15) is 12.7 Å². The summed E-state index contributed by atoms with van der Waals surface area (Å²) in [6.45, 7) is 5.01. The second kappa shape index (κ2) is 7.16. The van der Waals surface area contributed by atoms with Gasteiger partial charge in [-0.3, -0.25) is 9.36 Å². The van der Waals surface area contributed by atoms with Crippen molar-refractivity contribution in [3.63, 3.8) is 0 Å². The molecule has 0 spiro atoms. The van der Waals surface area contributed by atoms with Crippen LogP contribution in [0.4, 0.5) is 0 Å². The molecule has 8 nitrogen and oxygen atoms in total. The minimum absolute atomic E-state index is 0.0879. The number of sulfonamides is 1. The molecule has 0 bridgehead atoms. The summed E-state index contributed by atoms with van der Waals surface area (Å²) in [5.74, 6) is 0.261. The standard InChI is InChI=1S/C17H23N5O3S/c1-12(2)15-8-21(9-16(15)20-26(3,24)25)17(23)13-4-6-14(7-5-13)22-10-18-19-11-22/h4-7,10-12,15-16,20H,8-9H2,1-3H3. The fraction of sp³-hybridized carbons (Fsp3) is 0.471. The van der Waals surface area contributed by atoms with E-state index in [9.17, 15) is 13.2 Å². The predicted octanol–water partition coefficient (Wildman–Crippen LogP) is 0.913. The molecule has 1 fully saturated rings. The van der Waals surface area contributed by atoms with Crippen LogP contribution in [0.2, 0.25) is 0 Å². The molecular weight excluding hydrogens is 354 g/mol. The average molecular weight is 377 g/mol. The van der Waals surface area contributed by atoms with Crippen molar-refractivity contribution in [3.8, 4) is 5.69 Å². The van der Waals surface area contributed by atoms with E-state index < -0.39 is 10.0 Å². The maximum atomic E-state index is 12.8. The Balaban J connectivity index is 1.75. The van der Waals surface area contributed by atoms with Crippen LogP contribution in [0.25, 0.3) is 5.69 Å². The predicted molar refractivity (Wildman–Crippen MR) is 97.4 cm³/mol. The molecule has 2 heterocycles. The van der Waals surface area contributed by atoms with Gasteiger partial charge in [0.25, 0.3) is 5.91 Å². The zero-order valence-corrected chi connectivity index (χ0v) is 15.8. The highest BCUT2D eigenvalue weighted by molar-refractivity contribution is 7.88. The number of carbonyl (C=O) groups is 1. The number of hydrogen-bond donors (Lipinski definition) is 1. The molecule has 9 heteroatoms. The van der Waals surface area contributed by atoms with E-state index in [0.717, 1.165) is 11.9 Å². The minimum Gasteiger partial charge on any atom is -0.337 e. The Bertz CT molecular complexity index is 862. The van der Waals surface area contributed by atoms with Crippen LogP contribution in [-0.4, -0.2) is 59.4 Å². The molecule has 140 valence electrons. The Hall–Kier alpha value is -2.26. The van der Waals surface area contributed by atoms with Crippen LogP contribution < -0.4 is 4.72 Å². The molecular formula is C17H23N5O3S. The van der Waals surface area contributed by atoms with Crippen molar-refractivity contribution in [2.75, 3.05) is 19.3 Å². The molecule has 0 radical (unpaired) electrons. The maximum absolute atomic E-state index is 12.8. The summed E-state index contributed by atoms with van der Waals surface area (Å²) in [6, 6.07) is 6.93. The van der Waals surface area contributed by atoms with Gasteiger partial charge in [0.2, 0.25) is 10.0 Å². The fourth-order valence-corrected chi connectivity index (χ4v) is 4.16. The largest absolute Gasteiger partial charge is 0.337 e. The van der Waals surface area contributed by atoms with E-state index in [1.807, 2.05) is 26.0 Å². The fourth-order valence-electron chi connectivity index (χ4n) is 3.36. The average Bonchev–Trinajstić information content (AvgIpc) is 3.22. The molecule has 2 atom stereocenters. The molecule has 1 aromatic heterocycles. The Morgan fingerprint density at radius 2 is 1.77 bits per heavy atom. The molecule has 3 rings (SSSR count). The number of hydrogen-bond acceptors (Lipinski definition) is 5. The first-order valence-electron chi connectivity index (χ1n) is 8.46. The van der Waals surface area contributed by atoms with Gasteiger partial charge in [-0.05, 0) is 36.1 Å². The molecule has 0 saturated carbocycles. The van der Waals surface area contributed by atoms with Gasteiger partial charge < -0.3 is 4.90 Å².